The van der Waals surface area contributed by atoms with Gasteiger partial charge in [-0.15, -0.1) is 0 Å². The number of halogens is 2. The maximum Gasteiger partial charge on any atom is 0.252 e. The molecule has 0 fully saturated rings. The van der Waals surface area contributed by atoms with Crippen molar-refractivity contribution in [3.63, 3.8) is 0 Å². The zero-order valence-electron chi connectivity index (χ0n) is 8.15. The van der Waals surface area contributed by atoms with Gasteiger partial charge in [0.2, 0.25) is 0 Å². The molecule has 6 heteroatoms. The van der Waals surface area contributed by atoms with Gasteiger partial charge in [-0.3, -0.25) is 0 Å². The number of aliphatic hydroxyl groups is 1. The first-order valence-corrected chi connectivity index (χ1v) is 4.93. The molecule has 0 aliphatic carbocycles. The number of hydrogen-bond donors (Lipinski definition) is 1. The van der Waals surface area contributed by atoms with Crippen LogP contribution < -0.4 is 0 Å². The van der Waals surface area contributed by atoms with Gasteiger partial charge in [0.05, 0.1) is 0 Å². The molecule has 0 unspecified atom stereocenters. The van der Waals surface area contributed by atoms with Crippen molar-refractivity contribution in [1.29, 1.82) is 0 Å². The van der Waals surface area contributed by atoms with Crippen molar-refractivity contribution in [2.75, 3.05) is 0 Å². The van der Waals surface area contributed by atoms with E-state index in [9.17, 15) is 4.39 Å². The Morgan fingerprint density at radius 3 is 2.88 bits per heavy atom. The van der Waals surface area contributed by atoms with E-state index in [1.165, 1.54) is 12.1 Å². The number of rotatable bonds is 3. The van der Waals surface area contributed by atoms with E-state index in [0.29, 0.717) is 10.6 Å². The maximum atomic E-state index is 13.4. The minimum absolute atomic E-state index is 0.0995. The Hall–Kier alpha value is -1.46. The highest BCUT2D eigenvalue weighted by atomic mass is 35.5. The van der Waals surface area contributed by atoms with Crippen LogP contribution in [0, 0.1) is 5.82 Å². The van der Waals surface area contributed by atoms with Crippen LogP contribution >= 0.6 is 11.6 Å². The van der Waals surface area contributed by atoms with Gasteiger partial charge >= 0.3 is 0 Å². The number of benzene rings is 1. The molecule has 0 aliphatic heterocycles. The van der Waals surface area contributed by atoms with Crippen molar-refractivity contribution < 1.29 is 14.0 Å². The molecule has 0 spiro atoms. The number of hydrogen-bond acceptors (Lipinski definition) is 4. The fourth-order valence-corrected chi connectivity index (χ4v) is 1.52. The van der Waals surface area contributed by atoms with Crippen molar-refractivity contribution >= 4 is 11.6 Å². The zero-order valence-corrected chi connectivity index (χ0v) is 8.91. The van der Waals surface area contributed by atoms with Gasteiger partial charge in [0, 0.05) is 17.0 Å². The molecule has 4 nitrogen and oxygen atoms in total. The highest BCUT2D eigenvalue weighted by molar-refractivity contribution is 6.31. The van der Waals surface area contributed by atoms with E-state index >= 15 is 0 Å². The molecule has 2 aromatic rings. The molecule has 1 heterocycles. The SMILES string of the molecule is OCc1nc(Cc2c(F)cccc2Cl)no1. The first-order chi connectivity index (χ1) is 7.70. The molecule has 84 valence electrons. The minimum atomic E-state index is -0.414. The normalized spacial score (nSPS) is 10.7. The van der Waals surface area contributed by atoms with E-state index in [2.05, 4.69) is 14.7 Å². The summed E-state index contributed by atoms with van der Waals surface area (Å²) in [6, 6.07) is 4.43. The van der Waals surface area contributed by atoms with Crippen LogP contribution in [0.3, 0.4) is 0 Å². The third kappa shape index (κ3) is 2.20. The second-order valence-electron chi connectivity index (χ2n) is 3.14. The van der Waals surface area contributed by atoms with Gasteiger partial charge in [0.15, 0.2) is 5.82 Å². The van der Waals surface area contributed by atoms with Crippen molar-refractivity contribution in [2.24, 2.45) is 0 Å². The van der Waals surface area contributed by atoms with Crippen LogP contribution in [0.1, 0.15) is 17.3 Å². The van der Waals surface area contributed by atoms with Gasteiger partial charge in [0.25, 0.3) is 5.89 Å². The van der Waals surface area contributed by atoms with Crippen molar-refractivity contribution in [3.8, 4) is 0 Å². The second kappa shape index (κ2) is 4.59. The average Bonchev–Trinajstić information content (AvgIpc) is 2.71. The molecular weight excluding hydrogens is 235 g/mol. The van der Waals surface area contributed by atoms with Crippen LogP contribution in [0.25, 0.3) is 0 Å². The lowest BCUT2D eigenvalue weighted by Crippen LogP contribution is -1.96. The van der Waals surface area contributed by atoms with Crippen LogP contribution in [0.2, 0.25) is 5.02 Å². The van der Waals surface area contributed by atoms with Gasteiger partial charge in [0.1, 0.15) is 12.4 Å². The predicted octanol–water partition coefficient (Wildman–Crippen LogP) is 1.95. The van der Waals surface area contributed by atoms with Crippen LogP contribution in [-0.4, -0.2) is 15.2 Å². The summed E-state index contributed by atoms with van der Waals surface area (Å²) in [6.07, 6.45) is 0.134. The van der Waals surface area contributed by atoms with Gasteiger partial charge in [-0.1, -0.05) is 22.8 Å². The molecule has 1 aromatic carbocycles. The van der Waals surface area contributed by atoms with E-state index in [1.54, 1.807) is 6.07 Å². The standard InChI is InChI=1S/C10H8ClFN2O2/c11-7-2-1-3-8(12)6(7)4-9-13-10(5-15)16-14-9/h1-3,15H,4-5H2. The van der Waals surface area contributed by atoms with Crippen LogP contribution in [-0.2, 0) is 13.0 Å². The Morgan fingerprint density at radius 1 is 1.44 bits per heavy atom. The Labute approximate surface area is 95.7 Å². The minimum Gasteiger partial charge on any atom is -0.387 e. The molecule has 0 saturated heterocycles. The summed E-state index contributed by atoms with van der Waals surface area (Å²) < 4.78 is 18.1. The maximum absolute atomic E-state index is 13.4. The summed E-state index contributed by atoms with van der Waals surface area (Å²) in [5.41, 5.74) is 0.314. The van der Waals surface area contributed by atoms with Gasteiger partial charge in [-0.25, -0.2) is 4.39 Å². The quantitative estimate of drug-likeness (QED) is 0.894. The first kappa shape index (κ1) is 11.0. The van der Waals surface area contributed by atoms with E-state index < -0.39 is 5.82 Å². The third-order valence-electron chi connectivity index (χ3n) is 2.04. The third-order valence-corrected chi connectivity index (χ3v) is 2.40. The molecule has 1 N–H and O–H groups in total. The summed E-state index contributed by atoms with van der Waals surface area (Å²) in [5.74, 6) is -0.0265. The Bertz CT molecular complexity index is 481. The van der Waals surface area contributed by atoms with Crippen LogP contribution in [0.5, 0.6) is 0 Å². The Balaban J connectivity index is 2.26. The lowest BCUT2D eigenvalue weighted by molar-refractivity contribution is 0.222. The average molecular weight is 243 g/mol. The number of aromatic nitrogens is 2. The van der Waals surface area contributed by atoms with Crippen molar-refractivity contribution in [3.05, 3.63) is 46.3 Å². The highest BCUT2D eigenvalue weighted by Gasteiger charge is 2.12. The van der Waals surface area contributed by atoms with Gasteiger partial charge in [-0.05, 0) is 12.1 Å². The van der Waals surface area contributed by atoms with E-state index in [0.717, 1.165) is 0 Å². The molecule has 0 bridgehead atoms. The molecule has 0 atom stereocenters. The molecule has 0 saturated carbocycles. The summed E-state index contributed by atoms with van der Waals surface area (Å²) >= 11 is 5.84. The fourth-order valence-electron chi connectivity index (χ4n) is 1.29. The Kier molecular flexibility index (Phi) is 3.17. The molecular formula is C10H8ClFN2O2. The van der Waals surface area contributed by atoms with Gasteiger partial charge in [-0.2, -0.15) is 4.98 Å². The topological polar surface area (TPSA) is 59.2 Å². The highest BCUT2D eigenvalue weighted by Crippen LogP contribution is 2.21. The lowest BCUT2D eigenvalue weighted by Gasteiger charge is -2.01. The molecule has 0 amide bonds. The summed E-state index contributed by atoms with van der Waals surface area (Å²) in [6.45, 7) is -0.335. The fraction of sp³-hybridized carbons (Fsp3) is 0.200. The molecule has 2 rings (SSSR count). The van der Waals surface area contributed by atoms with E-state index in [1.807, 2.05) is 0 Å². The summed E-state index contributed by atoms with van der Waals surface area (Å²) in [4.78, 5) is 3.85. The number of aliphatic hydroxyl groups excluding tert-OH is 1. The zero-order chi connectivity index (χ0) is 11.5. The number of nitrogens with zero attached hydrogens (tertiary/aromatic N) is 2. The monoisotopic (exact) mass is 242 g/mol. The smallest absolute Gasteiger partial charge is 0.252 e. The van der Waals surface area contributed by atoms with Crippen LogP contribution in [0.15, 0.2) is 22.7 Å². The molecule has 0 aliphatic rings. The first-order valence-electron chi connectivity index (χ1n) is 4.56. The molecule has 16 heavy (non-hydrogen) atoms. The molecule has 0 radical (unpaired) electrons. The largest absolute Gasteiger partial charge is 0.387 e. The van der Waals surface area contributed by atoms with E-state index in [4.69, 9.17) is 16.7 Å². The van der Waals surface area contributed by atoms with Crippen molar-refractivity contribution in [2.45, 2.75) is 13.0 Å². The lowest BCUT2D eigenvalue weighted by atomic mass is 10.1. The molecule has 1 aromatic heterocycles. The predicted molar refractivity (Wildman–Crippen MR) is 54.4 cm³/mol. The summed E-state index contributed by atoms with van der Waals surface area (Å²) in [5, 5.41) is 12.6. The second-order valence-corrected chi connectivity index (χ2v) is 3.55. The van der Waals surface area contributed by atoms with E-state index in [-0.39, 0.29) is 24.7 Å². The van der Waals surface area contributed by atoms with Crippen LogP contribution in [0.4, 0.5) is 4.39 Å². The Morgan fingerprint density at radius 2 is 2.25 bits per heavy atom. The summed E-state index contributed by atoms with van der Waals surface area (Å²) in [7, 11) is 0. The van der Waals surface area contributed by atoms with Crippen molar-refractivity contribution in [1.82, 2.24) is 10.1 Å². The van der Waals surface area contributed by atoms with Gasteiger partial charge < -0.3 is 9.63 Å².